The third-order valence-electron chi connectivity index (χ3n) is 3.84. The molecule has 1 aromatic rings. The molecule has 2 amide bonds. The van der Waals surface area contributed by atoms with Crippen LogP contribution in [0.3, 0.4) is 0 Å². The molecule has 2 N–H and O–H groups in total. The lowest BCUT2D eigenvalue weighted by molar-refractivity contribution is -0.117. The van der Waals surface area contributed by atoms with Crippen molar-refractivity contribution in [2.75, 3.05) is 23.4 Å². The molecule has 0 unspecified atom stereocenters. The topological polar surface area (TPSA) is 92.3 Å². The molecule has 1 aliphatic rings. The number of benzene rings is 1. The number of carbonyl (C=O) groups excluding carboxylic acids is 2. The van der Waals surface area contributed by atoms with E-state index >= 15 is 0 Å². The van der Waals surface area contributed by atoms with Crippen LogP contribution < -0.4 is 10.6 Å². The van der Waals surface area contributed by atoms with Gasteiger partial charge in [-0.2, -0.15) is 0 Å². The summed E-state index contributed by atoms with van der Waals surface area (Å²) in [6, 6.07) is 5.05. The van der Waals surface area contributed by atoms with Crippen molar-refractivity contribution in [2.45, 2.75) is 26.7 Å². The molecule has 0 saturated heterocycles. The molecule has 0 spiro atoms. The summed E-state index contributed by atoms with van der Waals surface area (Å²) in [6.45, 7) is 3.51. The first-order valence-corrected chi connectivity index (χ1v) is 9.54. The third-order valence-corrected chi connectivity index (χ3v) is 5.55. The highest BCUT2D eigenvalue weighted by atomic mass is 32.2. The van der Waals surface area contributed by atoms with E-state index in [1.807, 2.05) is 6.92 Å². The second-order valence-corrected chi connectivity index (χ2v) is 8.26. The molecular weight excluding hydrogens is 316 g/mol. The molecule has 0 radical (unpaired) electrons. The Kier molecular flexibility index (Phi) is 5.41. The largest absolute Gasteiger partial charge is 0.351 e. The number of amides is 2. The van der Waals surface area contributed by atoms with E-state index in [4.69, 9.17) is 0 Å². The molecule has 1 saturated carbocycles. The lowest BCUT2D eigenvalue weighted by Crippen LogP contribution is -2.29. The minimum absolute atomic E-state index is 0.0142. The lowest BCUT2D eigenvalue weighted by Gasteiger charge is -2.11. The minimum atomic E-state index is -3.10. The van der Waals surface area contributed by atoms with Crippen LogP contribution in [0.5, 0.6) is 0 Å². The first-order valence-electron chi connectivity index (χ1n) is 7.72. The fraction of sp³-hybridized carbons (Fsp3) is 0.500. The zero-order chi connectivity index (χ0) is 17.0. The van der Waals surface area contributed by atoms with Gasteiger partial charge in [0.1, 0.15) is 0 Å². The van der Waals surface area contributed by atoms with Crippen molar-refractivity contribution in [3.05, 3.63) is 29.3 Å². The van der Waals surface area contributed by atoms with E-state index in [1.165, 1.54) is 0 Å². The molecule has 2 rings (SSSR count). The SMILES string of the molecule is CCS(=O)(=O)CCNC(=O)c1ccc(C)c(NC(=O)C2CC2)c1. The van der Waals surface area contributed by atoms with Gasteiger partial charge in [-0.15, -0.1) is 0 Å². The zero-order valence-electron chi connectivity index (χ0n) is 13.4. The maximum absolute atomic E-state index is 12.1. The Hall–Kier alpha value is -1.89. The van der Waals surface area contributed by atoms with E-state index < -0.39 is 9.84 Å². The van der Waals surface area contributed by atoms with Gasteiger partial charge in [-0.05, 0) is 37.5 Å². The number of hydrogen-bond acceptors (Lipinski definition) is 4. The maximum Gasteiger partial charge on any atom is 0.251 e. The van der Waals surface area contributed by atoms with Gasteiger partial charge < -0.3 is 10.6 Å². The average molecular weight is 338 g/mol. The van der Waals surface area contributed by atoms with E-state index in [1.54, 1.807) is 25.1 Å². The Labute approximate surface area is 136 Å². The highest BCUT2D eigenvalue weighted by molar-refractivity contribution is 7.91. The Bertz CT molecular complexity index is 709. The summed E-state index contributed by atoms with van der Waals surface area (Å²) in [5.74, 6) is -0.291. The highest BCUT2D eigenvalue weighted by Gasteiger charge is 2.29. The summed E-state index contributed by atoms with van der Waals surface area (Å²) < 4.78 is 22.8. The third kappa shape index (κ3) is 5.06. The minimum Gasteiger partial charge on any atom is -0.351 e. The van der Waals surface area contributed by atoms with Crippen molar-refractivity contribution < 1.29 is 18.0 Å². The summed E-state index contributed by atoms with van der Waals surface area (Å²) in [4.78, 5) is 23.9. The number of anilines is 1. The molecule has 6 nitrogen and oxygen atoms in total. The Morgan fingerprint density at radius 3 is 2.57 bits per heavy atom. The fourth-order valence-electron chi connectivity index (χ4n) is 2.04. The van der Waals surface area contributed by atoms with Gasteiger partial charge in [0.2, 0.25) is 5.91 Å². The molecule has 0 bridgehead atoms. The Morgan fingerprint density at radius 2 is 1.96 bits per heavy atom. The molecular formula is C16H22N2O4S. The van der Waals surface area contributed by atoms with Crippen molar-refractivity contribution in [3.8, 4) is 0 Å². The van der Waals surface area contributed by atoms with Crippen LogP contribution in [-0.2, 0) is 14.6 Å². The average Bonchev–Trinajstić information content (AvgIpc) is 3.34. The van der Waals surface area contributed by atoms with Crippen molar-refractivity contribution in [1.29, 1.82) is 0 Å². The lowest BCUT2D eigenvalue weighted by atomic mass is 10.1. The van der Waals surface area contributed by atoms with Gasteiger partial charge in [0.25, 0.3) is 5.91 Å². The molecule has 1 aromatic carbocycles. The van der Waals surface area contributed by atoms with Crippen molar-refractivity contribution in [2.24, 2.45) is 5.92 Å². The van der Waals surface area contributed by atoms with Crippen LogP contribution in [0.4, 0.5) is 5.69 Å². The summed E-state index contributed by atoms with van der Waals surface area (Å²) in [5.41, 5.74) is 1.90. The van der Waals surface area contributed by atoms with Crippen LogP contribution in [-0.4, -0.2) is 38.3 Å². The predicted octanol–water partition coefficient (Wildman–Crippen LogP) is 1.51. The summed E-state index contributed by atoms with van der Waals surface area (Å²) >= 11 is 0. The number of hydrogen-bond donors (Lipinski definition) is 2. The fourth-order valence-corrected chi connectivity index (χ4v) is 2.75. The molecule has 0 aliphatic heterocycles. The molecule has 0 aromatic heterocycles. The van der Waals surface area contributed by atoms with E-state index in [2.05, 4.69) is 10.6 Å². The van der Waals surface area contributed by atoms with E-state index in [9.17, 15) is 18.0 Å². The van der Waals surface area contributed by atoms with Crippen LogP contribution in [0, 0.1) is 12.8 Å². The van der Waals surface area contributed by atoms with Crippen LogP contribution >= 0.6 is 0 Å². The second-order valence-electron chi connectivity index (χ2n) is 5.79. The molecule has 23 heavy (non-hydrogen) atoms. The first kappa shape index (κ1) is 17.5. The molecule has 0 atom stereocenters. The van der Waals surface area contributed by atoms with Gasteiger partial charge in [-0.3, -0.25) is 9.59 Å². The monoisotopic (exact) mass is 338 g/mol. The normalized spacial score (nSPS) is 14.3. The molecule has 1 fully saturated rings. The van der Waals surface area contributed by atoms with Crippen LogP contribution in [0.25, 0.3) is 0 Å². The van der Waals surface area contributed by atoms with E-state index in [0.717, 1.165) is 18.4 Å². The molecule has 0 heterocycles. The van der Waals surface area contributed by atoms with Gasteiger partial charge in [-0.1, -0.05) is 13.0 Å². The van der Waals surface area contributed by atoms with Gasteiger partial charge in [-0.25, -0.2) is 8.42 Å². The van der Waals surface area contributed by atoms with Gasteiger partial charge in [0, 0.05) is 29.5 Å². The van der Waals surface area contributed by atoms with Crippen LogP contribution in [0.1, 0.15) is 35.7 Å². The molecule has 7 heteroatoms. The van der Waals surface area contributed by atoms with Crippen LogP contribution in [0.2, 0.25) is 0 Å². The number of nitrogens with one attached hydrogen (secondary N) is 2. The standard InChI is InChI=1S/C16H22N2O4S/c1-3-23(21,22)9-8-17-15(19)13-5-4-11(2)14(10-13)18-16(20)12-6-7-12/h4-5,10,12H,3,6-9H2,1-2H3,(H,17,19)(H,18,20). The summed E-state index contributed by atoms with van der Waals surface area (Å²) in [5, 5.41) is 5.44. The summed E-state index contributed by atoms with van der Waals surface area (Å²) in [6.07, 6.45) is 1.83. The zero-order valence-corrected chi connectivity index (χ0v) is 14.2. The molecule has 1 aliphatic carbocycles. The predicted molar refractivity (Wildman–Crippen MR) is 89.2 cm³/mol. The van der Waals surface area contributed by atoms with Gasteiger partial charge >= 0.3 is 0 Å². The van der Waals surface area contributed by atoms with Crippen molar-refractivity contribution in [1.82, 2.24) is 5.32 Å². The number of rotatable bonds is 7. The number of carbonyl (C=O) groups is 2. The highest BCUT2D eigenvalue weighted by Crippen LogP contribution is 2.30. The van der Waals surface area contributed by atoms with Crippen LogP contribution in [0.15, 0.2) is 18.2 Å². The van der Waals surface area contributed by atoms with Crippen molar-refractivity contribution in [3.63, 3.8) is 0 Å². The maximum atomic E-state index is 12.1. The van der Waals surface area contributed by atoms with E-state index in [0.29, 0.717) is 11.3 Å². The van der Waals surface area contributed by atoms with Gasteiger partial charge in [0.15, 0.2) is 9.84 Å². The molecule has 126 valence electrons. The van der Waals surface area contributed by atoms with Crippen molar-refractivity contribution >= 4 is 27.3 Å². The number of aryl methyl sites for hydroxylation is 1. The van der Waals surface area contributed by atoms with Gasteiger partial charge in [0.05, 0.1) is 5.75 Å². The Morgan fingerprint density at radius 1 is 1.26 bits per heavy atom. The Balaban J connectivity index is 1.98. The van der Waals surface area contributed by atoms with E-state index in [-0.39, 0.29) is 35.8 Å². The first-order chi connectivity index (χ1) is 10.8. The quantitative estimate of drug-likeness (QED) is 0.788. The summed E-state index contributed by atoms with van der Waals surface area (Å²) in [7, 11) is -3.10. The second kappa shape index (κ2) is 7.12. The number of sulfone groups is 1. The smallest absolute Gasteiger partial charge is 0.251 e.